The zero-order valence-electron chi connectivity index (χ0n) is 17.5. The SMILES string of the molecule is CC(CC(=O)N1CCCC1c1ccc(C(C)(C)C)cc1)C1CCCNC1.Cl. The summed E-state index contributed by atoms with van der Waals surface area (Å²) < 4.78 is 0. The Hall–Kier alpha value is -1.06. The molecule has 3 atom stereocenters. The van der Waals surface area contributed by atoms with Crippen LogP contribution in [0.2, 0.25) is 0 Å². The first-order valence-corrected chi connectivity index (χ1v) is 10.5. The lowest BCUT2D eigenvalue weighted by molar-refractivity contribution is -0.133. The van der Waals surface area contributed by atoms with Crippen LogP contribution in [0.4, 0.5) is 0 Å². The number of rotatable bonds is 4. The number of hydrogen-bond acceptors (Lipinski definition) is 2. The lowest BCUT2D eigenvalue weighted by Gasteiger charge is -2.31. The van der Waals surface area contributed by atoms with E-state index in [0.29, 0.717) is 24.2 Å². The van der Waals surface area contributed by atoms with E-state index < -0.39 is 0 Å². The highest BCUT2D eigenvalue weighted by atomic mass is 35.5. The number of piperidine rings is 1. The van der Waals surface area contributed by atoms with Gasteiger partial charge >= 0.3 is 0 Å². The summed E-state index contributed by atoms with van der Waals surface area (Å²) in [5, 5.41) is 3.49. The van der Waals surface area contributed by atoms with E-state index in [1.54, 1.807) is 0 Å². The standard InChI is InChI=1S/C23H36N2O.ClH/c1-17(19-7-5-13-24-16-19)15-22(26)25-14-6-8-21(25)18-9-11-20(12-10-18)23(2,3)4;/h9-12,17,19,21,24H,5-8,13-16H2,1-4H3;1H. The molecule has 1 aromatic rings. The zero-order chi connectivity index (χ0) is 18.7. The molecule has 4 heteroatoms. The molecule has 2 aliphatic rings. The second-order valence-electron chi connectivity index (χ2n) is 9.41. The van der Waals surface area contributed by atoms with Gasteiger partial charge in [-0.3, -0.25) is 4.79 Å². The molecule has 27 heavy (non-hydrogen) atoms. The minimum absolute atomic E-state index is 0. The first kappa shape index (κ1) is 22.2. The van der Waals surface area contributed by atoms with Gasteiger partial charge in [0.15, 0.2) is 0 Å². The number of nitrogens with one attached hydrogen (secondary N) is 1. The van der Waals surface area contributed by atoms with Crippen molar-refractivity contribution in [3.8, 4) is 0 Å². The van der Waals surface area contributed by atoms with Gasteiger partial charge in [0, 0.05) is 13.0 Å². The number of benzene rings is 1. The van der Waals surface area contributed by atoms with Crippen LogP contribution in [-0.4, -0.2) is 30.4 Å². The van der Waals surface area contributed by atoms with Crippen molar-refractivity contribution in [1.29, 1.82) is 0 Å². The normalized spacial score (nSPS) is 24.4. The van der Waals surface area contributed by atoms with E-state index in [9.17, 15) is 4.79 Å². The molecule has 3 nitrogen and oxygen atoms in total. The number of likely N-dealkylation sites (tertiary alicyclic amines) is 1. The van der Waals surface area contributed by atoms with Gasteiger partial charge in [0.25, 0.3) is 0 Å². The van der Waals surface area contributed by atoms with Crippen molar-refractivity contribution in [2.75, 3.05) is 19.6 Å². The van der Waals surface area contributed by atoms with E-state index >= 15 is 0 Å². The molecule has 1 amide bonds. The molecule has 2 fully saturated rings. The average Bonchev–Trinajstić information content (AvgIpc) is 3.11. The van der Waals surface area contributed by atoms with Crippen LogP contribution < -0.4 is 5.32 Å². The zero-order valence-corrected chi connectivity index (χ0v) is 18.3. The molecule has 1 aromatic carbocycles. The van der Waals surface area contributed by atoms with Crippen molar-refractivity contribution < 1.29 is 4.79 Å². The van der Waals surface area contributed by atoms with E-state index in [2.05, 4.69) is 62.2 Å². The number of amides is 1. The predicted octanol–water partition coefficient (Wildman–Crippen LogP) is 5.10. The summed E-state index contributed by atoms with van der Waals surface area (Å²) in [7, 11) is 0. The maximum Gasteiger partial charge on any atom is 0.223 e. The van der Waals surface area contributed by atoms with Gasteiger partial charge < -0.3 is 10.2 Å². The van der Waals surface area contributed by atoms with Crippen LogP contribution in [0, 0.1) is 11.8 Å². The summed E-state index contributed by atoms with van der Waals surface area (Å²) in [5.74, 6) is 1.48. The molecule has 0 radical (unpaired) electrons. The van der Waals surface area contributed by atoms with Crippen LogP contribution >= 0.6 is 12.4 Å². The highest BCUT2D eigenvalue weighted by Gasteiger charge is 2.32. The van der Waals surface area contributed by atoms with Crippen LogP contribution in [0.3, 0.4) is 0 Å². The van der Waals surface area contributed by atoms with E-state index in [4.69, 9.17) is 0 Å². The van der Waals surface area contributed by atoms with Gasteiger partial charge in [-0.25, -0.2) is 0 Å². The molecule has 3 rings (SSSR count). The minimum atomic E-state index is 0. The molecule has 2 heterocycles. The van der Waals surface area contributed by atoms with Gasteiger partial charge in [0.2, 0.25) is 5.91 Å². The van der Waals surface area contributed by atoms with Gasteiger partial charge in [0.05, 0.1) is 6.04 Å². The van der Waals surface area contributed by atoms with Crippen molar-refractivity contribution in [3.05, 3.63) is 35.4 Å². The van der Waals surface area contributed by atoms with Gasteiger partial charge in [0.1, 0.15) is 0 Å². The third-order valence-corrected chi connectivity index (χ3v) is 6.37. The summed E-state index contributed by atoms with van der Waals surface area (Å²) in [6.07, 6.45) is 5.43. The van der Waals surface area contributed by atoms with Crippen molar-refractivity contribution in [2.45, 2.75) is 71.3 Å². The molecule has 2 saturated heterocycles. The number of nitrogens with zero attached hydrogens (tertiary/aromatic N) is 1. The third kappa shape index (κ3) is 5.48. The van der Waals surface area contributed by atoms with Crippen LogP contribution in [-0.2, 0) is 10.2 Å². The number of carbonyl (C=O) groups is 1. The first-order valence-electron chi connectivity index (χ1n) is 10.5. The Kier molecular flexibility index (Phi) is 7.76. The lowest BCUT2D eigenvalue weighted by Crippen LogP contribution is -2.37. The molecule has 2 aliphatic heterocycles. The van der Waals surface area contributed by atoms with Crippen LogP contribution in [0.25, 0.3) is 0 Å². The van der Waals surface area contributed by atoms with Crippen molar-refractivity contribution in [3.63, 3.8) is 0 Å². The fourth-order valence-electron chi connectivity index (χ4n) is 4.54. The molecule has 3 unspecified atom stereocenters. The number of halogens is 1. The van der Waals surface area contributed by atoms with Crippen molar-refractivity contribution in [1.82, 2.24) is 10.2 Å². The van der Waals surface area contributed by atoms with Gasteiger partial charge in [-0.1, -0.05) is 52.0 Å². The minimum Gasteiger partial charge on any atom is -0.336 e. The molecule has 0 aromatic heterocycles. The van der Waals surface area contributed by atoms with Gasteiger partial charge in [-0.05, 0) is 67.2 Å². The Morgan fingerprint density at radius 2 is 1.89 bits per heavy atom. The molecule has 0 spiro atoms. The van der Waals surface area contributed by atoms with E-state index in [-0.39, 0.29) is 23.9 Å². The Labute approximate surface area is 171 Å². The molecule has 0 saturated carbocycles. The maximum atomic E-state index is 13.0. The summed E-state index contributed by atoms with van der Waals surface area (Å²) in [4.78, 5) is 15.2. The Morgan fingerprint density at radius 3 is 2.48 bits per heavy atom. The molecule has 0 aliphatic carbocycles. The predicted molar refractivity (Wildman–Crippen MR) is 115 cm³/mol. The molecular weight excluding hydrogens is 356 g/mol. The van der Waals surface area contributed by atoms with E-state index in [0.717, 1.165) is 32.5 Å². The first-order chi connectivity index (χ1) is 12.4. The summed E-state index contributed by atoms with van der Waals surface area (Å²) in [5.41, 5.74) is 2.83. The summed E-state index contributed by atoms with van der Waals surface area (Å²) >= 11 is 0. The van der Waals surface area contributed by atoms with Gasteiger partial charge in [-0.2, -0.15) is 0 Å². The van der Waals surface area contributed by atoms with E-state index in [1.807, 2.05) is 0 Å². The molecule has 1 N–H and O–H groups in total. The van der Waals surface area contributed by atoms with E-state index in [1.165, 1.54) is 24.0 Å². The Morgan fingerprint density at radius 1 is 1.19 bits per heavy atom. The molecule has 152 valence electrons. The second kappa shape index (κ2) is 9.43. The fourth-order valence-corrected chi connectivity index (χ4v) is 4.54. The van der Waals surface area contributed by atoms with Crippen LogP contribution in [0.5, 0.6) is 0 Å². The summed E-state index contributed by atoms with van der Waals surface area (Å²) in [6.45, 7) is 12.1. The Balaban J connectivity index is 0.00000261. The highest BCUT2D eigenvalue weighted by Crippen LogP contribution is 2.35. The van der Waals surface area contributed by atoms with Crippen LogP contribution in [0.15, 0.2) is 24.3 Å². The highest BCUT2D eigenvalue weighted by molar-refractivity contribution is 5.85. The average molecular weight is 393 g/mol. The number of carbonyl (C=O) groups excluding carboxylic acids is 1. The smallest absolute Gasteiger partial charge is 0.223 e. The topological polar surface area (TPSA) is 32.3 Å². The fraction of sp³-hybridized carbons (Fsp3) is 0.696. The van der Waals surface area contributed by atoms with Crippen molar-refractivity contribution >= 4 is 18.3 Å². The number of hydrogen-bond donors (Lipinski definition) is 1. The van der Waals surface area contributed by atoms with Gasteiger partial charge in [-0.15, -0.1) is 12.4 Å². The quantitative estimate of drug-likeness (QED) is 0.773. The third-order valence-electron chi connectivity index (χ3n) is 6.37. The lowest BCUT2D eigenvalue weighted by atomic mass is 9.85. The van der Waals surface area contributed by atoms with Crippen molar-refractivity contribution in [2.24, 2.45) is 11.8 Å². The summed E-state index contributed by atoms with van der Waals surface area (Å²) in [6, 6.07) is 9.24. The molecule has 0 bridgehead atoms. The second-order valence-corrected chi connectivity index (χ2v) is 9.41. The Bertz CT molecular complexity index is 602. The largest absolute Gasteiger partial charge is 0.336 e. The maximum absolute atomic E-state index is 13.0. The monoisotopic (exact) mass is 392 g/mol. The van der Waals surface area contributed by atoms with Crippen LogP contribution in [0.1, 0.15) is 77.0 Å². The molecular formula is C23H37ClN2O.